The van der Waals surface area contributed by atoms with E-state index in [0.717, 1.165) is 42.7 Å². The molecule has 0 radical (unpaired) electrons. The van der Waals surface area contributed by atoms with Crippen molar-refractivity contribution in [3.8, 4) is 11.5 Å². The number of H-pyrrole nitrogens is 1. The summed E-state index contributed by atoms with van der Waals surface area (Å²) >= 11 is 0. The first kappa shape index (κ1) is 32.7. The van der Waals surface area contributed by atoms with Crippen LogP contribution in [0.4, 0.5) is 0 Å². The summed E-state index contributed by atoms with van der Waals surface area (Å²) in [6, 6.07) is 22.9. The van der Waals surface area contributed by atoms with Crippen LogP contribution in [0.1, 0.15) is 54.9 Å². The van der Waals surface area contributed by atoms with Crippen LogP contribution in [0.3, 0.4) is 0 Å². The van der Waals surface area contributed by atoms with Crippen LogP contribution in [0.5, 0.6) is 11.5 Å². The fraction of sp³-hybridized carbons (Fsp3) is 0.361. The molecule has 1 amide bonds. The zero-order chi connectivity index (χ0) is 32.5. The van der Waals surface area contributed by atoms with E-state index in [1.54, 1.807) is 17.0 Å². The number of likely N-dealkylation sites (tertiary alicyclic amines) is 1. The highest BCUT2D eigenvalue weighted by molar-refractivity contribution is 5.87. The third-order valence-corrected chi connectivity index (χ3v) is 8.85. The molecule has 0 spiro atoms. The molecular formula is C36H41N3O7. The number of fused-ring (bicyclic) bond motifs is 1. The average Bonchev–Trinajstić information content (AvgIpc) is 3.07. The number of rotatable bonds is 14. The number of carbonyl (C=O) groups excluding carboxylic acids is 1. The van der Waals surface area contributed by atoms with E-state index in [-0.39, 0.29) is 23.6 Å². The van der Waals surface area contributed by atoms with Crippen molar-refractivity contribution in [3.63, 3.8) is 0 Å². The fourth-order valence-electron chi connectivity index (χ4n) is 6.13. The van der Waals surface area contributed by atoms with Crippen LogP contribution in [0.15, 0.2) is 83.7 Å². The quantitative estimate of drug-likeness (QED) is 0.130. The highest BCUT2D eigenvalue weighted by Crippen LogP contribution is 2.36. The van der Waals surface area contributed by atoms with Gasteiger partial charge in [0.15, 0.2) is 0 Å². The third-order valence-electron chi connectivity index (χ3n) is 8.85. The number of aliphatic hydroxyl groups excluding tert-OH is 1. The first-order chi connectivity index (χ1) is 22.3. The topological polar surface area (TPSA) is 152 Å². The number of nitrogens with one attached hydrogen (secondary N) is 2. The van der Waals surface area contributed by atoms with Crippen LogP contribution in [0, 0.1) is 0 Å². The predicted molar refractivity (Wildman–Crippen MR) is 175 cm³/mol. The normalized spacial score (nSPS) is 15.0. The number of aliphatic carboxylic acids is 1. The van der Waals surface area contributed by atoms with E-state index in [1.807, 2.05) is 54.6 Å². The smallest absolute Gasteiger partial charge is 0.314 e. The lowest BCUT2D eigenvalue weighted by molar-refractivity contribution is -0.148. The van der Waals surface area contributed by atoms with Crippen LogP contribution in [-0.2, 0) is 21.4 Å². The Balaban J connectivity index is 0.974. The summed E-state index contributed by atoms with van der Waals surface area (Å²) < 4.78 is 5.87. The molecular weight excluding hydrogens is 586 g/mol. The second-order valence-electron chi connectivity index (χ2n) is 11.9. The van der Waals surface area contributed by atoms with Crippen molar-refractivity contribution in [2.24, 2.45) is 0 Å². The molecule has 1 aliphatic heterocycles. The SMILES string of the molecule is O=C(Cc1ccc(OCCCCCNCC(O)c2ccc(O)c3[nH]c(=O)ccc23)cc1)N1CCC(C(=O)O)(c2ccccc2)CC1. The Kier molecular flexibility index (Phi) is 10.7. The minimum Gasteiger partial charge on any atom is -0.506 e. The molecule has 0 bridgehead atoms. The molecule has 46 heavy (non-hydrogen) atoms. The number of carbonyl (C=O) groups is 2. The number of benzene rings is 3. The number of nitrogens with zero attached hydrogens (tertiary/aromatic N) is 1. The lowest BCUT2D eigenvalue weighted by Gasteiger charge is -2.39. The first-order valence-electron chi connectivity index (χ1n) is 15.8. The van der Waals surface area contributed by atoms with Gasteiger partial charge < -0.3 is 35.3 Å². The molecule has 1 unspecified atom stereocenters. The van der Waals surface area contributed by atoms with Crippen molar-refractivity contribution in [3.05, 3.63) is 106 Å². The molecule has 2 heterocycles. The molecule has 4 aromatic rings. The lowest BCUT2D eigenvalue weighted by Crippen LogP contribution is -2.49. The zero-order valence-corrected chi connectivity index (χ0v) is 25.8. The lowest BCUT2D eigenvalue weighted by atomic mass is 9.73. The number of phenolic OH excluding ortho intramolecular Hbond substituents is 1. The minimum absolute atomic E-state index is 0.00499. The van der Waals surface area contributed by atoms with Crippen LogP contribution < -0.4 is 15.6 Å². The second-order valence-corrected chi connectivity index (χ2v) is 11.9. The molecule has 0 saturated carbocycles. The maximum atomic E-state index is 13.0. The van der Waals surface area contributed by atoms with Crippen molar-refractivity contribution in [1.82, 2.24) is 15.2 Å². The number of phenols is 1. The summed E-state index contributed by atoms with van der Waals surface area (Å²) in [7, 11) is 0. The van der Waals surface area contributed by atoms with Gasteiger partial charge in [0, 0.05) is 31.1 Å². The third kappa shape index (κ3) is 7.75. The van der Waals surface area contributed by atoms with Crippen molar-refractivity contribution < 1.29 is 29.6 Å². The maximum Gasteiger partial charge on any atom is 0.314 e. The number of aliphatic hydroxyl groups is 1. The van der Waals surface area contributed by atoms with Gasteiger partial charge >= 0.3 is 5.97 Å². The molecule has 0 aliphatic carbocycles. The molecule has 1 aromatic heterocycles. The first-order valence-corrected chi connectivity index (χ1v) is 15.8. The van der Waals surface area contributed by atoms with E-state index in [0.29, 0.717) is 55.5 Å². The molecule has 10 heteroatoms. The van der Waals surface area contributed by atoms with Crippen molar-refractivity contribution >= 4 is 22.8 Å². The Morgan fingerprint density at radius 3 is 2.39 bits per heavy atom. The molecule has 1 fully saturated rings. The highest BCUT2D eigenvalue weighted by atomic mass is 16.5. The Hall–Kier alpha value is -4.67. The van der Waals surface area contributed by atoms with Gasteiger partial charge in [-0.25, -0.2) is 0 Å². The number of amides is 1. The van der Waals surface area contributed by atoms with Gasteiger partial charge in [-0.1, -0.05) is 48.5 Å². The van der Waals surface area contributed by atoms with Crippen molar-refractivity contribution in [1.29, 1.82) is 0 Å². The van der Waals surface area contributed by atoms with E-state index < -0.39 is 17.5 Å². The number of carboxylic acids is 1. The van der Waals surface area contributed by atoms with E-state index in [9.17, 15) is 29.7 Å². The number of piperidine rings is 1. The summed E-state index contributed by atoms with van der Waals surface area (Å²) in [6.45, 7) is 2.47. The van der Waals surface area contributed by atoms with Crippen LogP contribution in [0.25, 0.3) is 10.9 Å². The highest BCUT2D eigenvalue weighted by Gasteiger charge is 2.43. The summed E-state index contributed by atoms with van der Waals surface area (Å²) in [6.07, 6.45) is 2.99. The minimum atomic E-state index is -0.954. The number of ether oxygens (including phenoxy) is 1. The number of hydrogen-bond donors (Lipinski definition) is 5. The molecule has 10 nitrogen and oxygen atoms in total. The monoisotopic (exact) mass is 627 g/mol. The molecule has 1 atom stereocenters. The van der Waals surface area contributed by atoms with E-state index in [1.165, 1.54) is 12.1 Å². The Morgan fingerprint density at radius 2 is 1.67 bits per heavy atom. The average molecular weight is 628 g/mol. The van der Waals surface area contributed by atoms with Crippen LogP contribution in [0.2, 0.25) is 0 Å². The maximum absolute atomic E-state index is 13.0. The van der Waals surface area contributed by atoms with Gasteiger partial charge in [-0.15, -0.1) is 0 Å². The number of unbranched alkanes of at least 4 members (excludes halogenated alkanes) is 2. The summed E-state index contributed by atoms with van der Waals surface area (Å²) in [5.74, 6) is -0.134. The van der Waals surface area contributed by atoms with Gasteiger partial charge in [0.2, 0.25) is 11.5 Å². The standard InChI is InChI=1S/C36H41N3O7/c40-30-15-13-28(29-14-16-32(42)38-34(29)30)31(41)24-37-19-5-2-6-22-46-27-11-9-25(10-12-27)23-33(43)39-20-17-36(18-21-39,35(44)45)26-7-3-1-4-8-26/h1,3-4,7-16,31,37,40-41H,2,5-6,17-24H2,(H,38,42)(H,44,45). The van der Waals surface area contributed by atoms with Crippen LogP contribution >= 0.6 is 0 Å². The Labute approximate surface area is 267 Å². The fourth-order valence-corrected chi connectivity index (χ4v) is 6.13. The number of aromatic hydroxyl groups is 1. The number of carboxylic acid groups (broad SMARTS) is 1. The Morgan fingerprint density at radius 1 is 0.935 bits per heavy atom. The van der Waals surface area contributed by atoms with Gasteiger partial charge in [0.25, 0.3) is 0 Å². The van der Waals surface area contributed by atoms with E-state index >= 15 is 0 Å². The van der Waals surface area contributed by atoms with Gasteiger partial charge in [-0.05, 0) is 79.6 Å². The van der Waals surface area contributed by atoms with Crippen molar-refractivity contribution in [2.45, 2.75) is 50.0 Å². The second kappa shape index (κ2) is 15.1. The summed E-state index contributed by atoms with van der Waals surface area (Å²) in [5, 5.41) is 34.6. The number of aromatic nitrogens is 1. The molecule has 242 valence electrons. The summed E-state index contributed by atoms with van der Waals surface area (Å²) in [4.78, 5) is 41.2. The van der Waals surface area contributed by atoms with Gasteiger partial charge in [0.05, 0.1) is 30.1 Å². The van der Waals surface area contributed by atoms with Gasteiger partial charge in [0.1, 0.15) is 11.5 Å². The molecule has 5 rings (SSSR count). The number of aromatic amines is 1. The molecule has 1 saturated heterocycles. The Bertz CT molecular complexity index is 1680. The van der Waals surface area contributed by atoms with Crippen LogP contribution in [-0.4, -0.2) is 69.9 Å². The molecule has 3 aromatic carbocycles. The van der Waals surface area contributed by atoms with E-state index in [2.05, 4.69) is 10.3 Å². The predicted octanol–water partition coefficient (Wildman–Crippen LogP) is 4.29. The van der Waals surface area contributed by atoms with E-state index in [4.69, 9.17) is 4.74 Å². The zero-order valence-electron chi connectivity index (χ0n) is 25.8. The van der Waals surface area contributed by atoms with Gasteiger partial charge in [-0.3, -0.25) is 14.4 Å². The largest absolute Gasteiger partial charge is 0.506 e. The van der Waals surface area contributed by atoms with Gasteiger partial charge in [-0.2, -0.15) is 0 Å². The molecule has 1 aliphatic rings. The summed E-state index contributed by atoms with van der Waals surface area (Å²) in [5.41, 5.74) is 1.36. The molecule has 5 N–H and O–H groups in total. The number of hydrogen-bond acceptors (Lipinski definition) is 7. The van der Waals surface area contributed by atoms with Crippen molar-refractivity contribution in [2.75, 3.05) is 32.8 Å². The number of pyridine rings is 1.